The molecule has 71 heavy (non-hydrogen) atoms. The molecule has 0 spiro atoms. The Balaban J connectivity index is 0.000000737. The van der Waals surface area contributed by atoms with E-state index in [4.69, 9.17) is 15.1 Å². The number of hydrogen-bond donors (Lipinski definition) is 0. The van der Waals surface area contributed by atoms with Crippen molar-refractivity contribution in [1.82, 2.24) is 23.8 Å². The molecule has 0 amide bonds. The highest BCUT2D eigenvalue weighted by molar-refractivity contribution is 6.13. The molecule has 0 atom stereocenters. The average molecular weight is 927 g/mol. The lowest BCUT2D eigenvalue weighted by atomic mass is 10.0. The van der Waals surface area contributed by atoms with Crippen molar-refractivity contribution in [2.75, 3.05) is 0 Å². The number of rotatable bonds is 9. The first-order chi connectivity index (χ1) is 35.1. The number of hydrogen-bond acceptors (Lipinski definition) is 3. The maximum Gasteiger partial charge on any atom is 0.0923 e. The summed E-state index contributed by atoms with van der Waals surface area (Å²) in [6.07, 6.45) is 16.6. The molecular formula is C65H62N6. The average Bonchev–Trinajstić information content (AvgIpc) is 4.08. The van der Waals surface area contributed by atoms with Gasteiger partial charge in [0, 0.05) is 44.4 Å². The molecule has 5 heterocycles. The summed E-state index contributed by atoms with van der Waals surface area (Å²) in [4.78, 5) is 10.0. The lowest BCUT2D eigenvalue weighted by molar-refractivity contribution is 0.963. The van der Waals surface area contributed by atoms with E-state index in [9.17, 15) is 0 Å². The lowest BCUT2D eigenvalue weighted by Gasteiger charge is -2.13. The minimum atomic E-state index is 0.880. The quantitative estimate of drug-likeness (QED) is 0.107. The van der Waals surface area contributed by atoms with Crippen LogP contribution in [0.2, 0.25) is 0 Å². The van der Waals surface area contributed by atoms with Crippen LogP contribution in [0.15, 0.2) is 206 Å². The minimum absolute atomic E-state index is 0.880. The molecule has 0 bridgehead atoms. The molecule has 5 aromatic heterocycles. The second-order valence-electron chi connectivity index (χ2n) is 17.0. The van der Waals surface area contributed by atoms with Crippen LogP contribution in [0, 0.1) is 0 Å². The molecule has 0 radical (unpaired) electrons. The van der Waals surface area contributed by atoms with Gasteiger partial charge in [-0.3, -0.25) is 4.98 Å². The van der Waals surface area contributed by atoms with Crippen LogP contribution >= 0.6 is 0 Å². The second-order valence-corrected chi connectivity index (χ2v) is 17.0. The van der Waals surface area contributed by atoms with Crippen molar-refractivity contribution in [3.63, 3.8) is 0 Å². The van der Waals surface area contributed by atoms with Gasteiger partial charge in [0.1, 0.15) is 0 Å². The van der Waals surface area contributed by atoms with Gasteiger partial charge in [-0.15, -0.1) is 6.58 Å². The first-order valence-electron chi connectivity index (χ1n) is 25.3. The largest absolute Gasteiger partial charge is 0.309 e. The van der Waals surface area contributed by atoms with E-state index in [2.05, 4.69) is 216 Å². The van der Waals surface area contributed by atoms with E-state index in [1.165, 1.54) is 32.8 Å². The van der Waals surface area contributed by atoms with Crippen LogP contribution in [0.5, 0.6) is 0 Å². The van der Waals surface area contributed by atoms with Crippen molar-refractivity contribution in [2.24, 2.45) is 5.10 Å². The summed E-state index contributed by atoms with van der Waals surface area (Å²) >= 11 is 0. The van der Waals surface area contributed by atoms with Crippen LogP contribution in [0.4, 0.5) is 0 Å². The molecule has 0 saturated carbocycles. The molecule has 12 rings (SSSR count). The fourth-order valence-corrected chi connectivity index (χ4v) is 9.69. The summed E-state index contributed by atoms with van der Waals surface area (Å²) in [5.74, 6) is 0. The summed E-state index contributed by atoms with van der Waals surface area (Å²) in [5, 5.41) is 10.0. The summed E-state index contributed by atoms with van der Waals surface area (Å²) in [7, 11) is 0. The van der Waals surface area contributed by atoms with Gasteiger partial charge in [0.25, 0.3) is 0 Å². The van der Waals surface area contributed by atoms with E-state index >= 15 is 0 Å². The molecule has 0 saturated heterocycles. The van der Waals surface area contributed by atoms with Gasteiger partial charge in [-0.2, -0.15) is 5.10 Å². The second kappa shape index (κ2) is 21.9. The first kappa shape index (κ1) is 47.7. The van der Waals surface area contributed by atoms with Crippen molar-refractivity contribution >= 4 is 72.6 Å². The van der Waals surface area contributed by atoms with E-state index < -0.39 is 0 Å². The summed E-state index contributed by atoms with van der Waals surface area (Å²) in [5.41, 5.74) is 17.6. The lowest BCUT2D eigenvalue weighted by Crippen LogP contribution is -2.04. The van der Waals surface area contributed by atoms with Crippen LogP contribution in [-0.4, -0.2) is 30.0 Å². The smallest absolute Gasteiger partial charge is 0.0923 e. The number of nitrogens with zero attached hydrogens (tertiary/aromatic N) is 6. The topological polar surface area (TPSA) is 52.9 Å². The van der Waals surface area contributed by atoms with Gasteiger partial charge in [0.15, 0.2) is 0 Å². The first-order valence-corrected chi connectivity index (χ1v) is 25.3. The Labute approximate surface area is 418 Å². The van der Waals surface area contributed by atoms with Gasteiger partial charge in [-0.05, 0) is 104 Å². The molecule has 352 valence electrons. The number of pyridine rings is 2. The Morgan fingerprint density at radius 1 is 0.577 bits per heavy atom. The third-order valence-electron chi connectivity index (χ3n) is 12.8. The predicted molar refractivity (Wildman–Crippen MR) is 307 cm³/mol. The van der Waals surface area contributed by atoms with Gasteiger partial charge in [-0.1, -0.05) is 169 Å². The fraction of sp³-hybridized carbons (Fsp3) is 0.154. The summed E-state index contributed by atoms with van der Waals surface area (Å²) in [6.45, 7) is 15.7. The standard InChI is InChI=1S/C57H42N6.C4H8.2C2H6/c1-2-16-42(61-52-25-13-11-23-46(52)57-56(61)27-15-32-58-57)37-59-63-54-26-14-10-22-45(54)48-34-41(29-31-55(48)63)40-28-30-53-47(33-40)44-21-9-12-24-51(44)62(53)43-35-49(38-17-5-3-6-18-38)60-50(36-43)39-19-7-4-8-20-39;1-3-4-2;2*1-2/h3-10,12-22,24-37H,2,11,23H2,1H3;3H,1,4H2,2H3;2*1-2H3/b42-16+,59-37-;;;. The Hall–Kier alpha value is -8.35. The van der Waals surface area contributed by atoms with Gasteiger partial charge in [0.2, 0.25) is 0 Å². The van der Waals surface area contributed by atoms with Crippen molar-refractivity contribution < 1.29 is 0 Å². The number of aryl methyl sites for hydroxylation is 1. The number of para-hydroxylation sites is 2. The molecular weight excluding hydrogens is 865 g/mol. The van der Waals surface area contributed by atoms with Crippen molar-refractivity contribution in [3.05, 3.63) is 212 Å². The van der Waals surface area contributed by atoms with Crippen LogP contribution in [0.25, 0.3) is 106 Å². The number of allylic oxidation sites excluding steroid dienone is 4. The Morgan fingerprint density at radius 2 is 1.11 bits per heavy atom. The van der Waals surface area contributed by atoms with Crippen LogP contribution in [0.1, 0.15) is 72.1 Å². The highest BCUT2D eigenvalue weighted by atomic mass is 15.3. The molecule has 6 aromatic carbocycles. The Bertz CT molecular complexity index is 3670. The van der Waals surface area contributed by atoms with Crippen LogP contribution in [-0.2, 0) is 6.42 Å². The Morgan fingerprint density at radius 3 is 1.75 bits per heavy atom. The van der Waals surface area contributed by atoms with E-state index in [0.29, 0.717) is 0 Å². The van der Waals surface area contributed by atoms with Crippen molar-refractivity contribution in [1.29, 1.82) is 0 Å². The molecule has 1 aliphatic carbocycles. The predicted octanol–water partition coefficient (Wildman–Crippen LogP) is 18.0. The fourth-order valence-electron chi connectivity index (χ4n) is 9.69. The van der Waals surface area contributed by atoms with Crippen molar-refractivity contribution in [3.8, 4) is 39.3 Å². The number of fused-ring (bicyclic) bond motifs is 9. The minimum Gasteiger partial charge on any atom is -0.309 e. The van der Waals surface area contributed by atoms with E-state index in [1.54, 1.807) is 0 Å². The van der Waals surface area contributed by atoms with Gasteiger partial charge in [-0.25, -0.2) is 9.66 Å². The van der Waals surface area contributed by atoms with Gasteiger partial charge >= 0.3 is 0 Å². The highest BCUT2D eigenvalue weighted by Gasteiger charge is 2.21. The zero-order chi connectivity index (χ0) is 49.3. The molecule has 6 heteroatoms. The zero-order valence-electron chi connectivity index (χ0n) is 41.8. The van der Waals surface area contributed by atoms with Gasteiger partial charge in [0.05, 0.1) is 67.8 Å². The third-order valence-corrected chi connectivity index (χ3v) is 12.8. The monoisotopic (exact) mass is 927 g/mol. The molecule has 0 N–H and O–H groups in total. The molecule has 11 aromatic rings. The van der Waals surface area contributed by atoms with E-state index in [-0.39, 0.29) is 0 Å². The van der Waals surface area contributed by atoms with Gasteiger partial charge < -0.3 is 9.13 Å². The molecule has 0 fully saturated rings. The zero-order valence-corrected chi connectivity index (χ0v) is 41.8. The molecule has 0 aliphatic heterocycles. The van der Waals surface area contributed by atoms with Crippen LogP contribution < -0.4 is 0 Å². The SMILES string of the molecule is C=CCC.CC.CC.CC/C=C(\C=N/n1c2ccccc2c2cc(-c3ccc4c(c3)c3ccccc3n4-c3cc(-c4ccccc4)nc(-c4ccccc4)c3)ccc21)n1c2c(c3ncccc31)CCC=C2. The van der Waals surface area contributed by atoms with E-state index in [1.807, 2.05) is 52.2 Å². The number of benzene rings is 6. The van der Waals surface area contributed by atoms with Crippen LogP contribution in [0.3, 0.4) is 0 Å². The van der Waals surface area contributed by atoms with E-state index in [0.717, 1.165) is 104 Å². The maximum absolute atomic E-state index is 5.26. The third kappa shape index (κ3) is 9.17. The van der Waals surface area contributed by atoms with Crippen molar-refractivity contribution in [2.45, 2.75) is 67.2 Å². The molecule has 0 unspecified atom stereocenters. The number of aromatic nitrogens is 5. The molecule has 6 nitrogen and oxygen atoms in total. The maximum atomic E-state index is 5.26. The summed E-state index contributed by atoms with van der Waals surface area (Å²) < 4.78 is 6.83. The molecule has 1 aliphatic rings. The summed E-state index contributed by atoms with van der Waals surface area (Å²) in [6, 6.07) is 60.6. The highest BCUT2D eigenvalue weighted by Crippen LogP contribution is 2.39. The Kier molecular flexibility index (Phi) is 14.7. The normalized spacial score (nSPS) is 12.1.